The molecule has 1 aliphatic rings. The molecule has 4 aromatic rings. The molecule has 1 saturated heterocycles. The lowest BCUT2D eigenvalue weighted by atomic mass is 9.99. The van der Waals surface area contributed by atoms with Gasteiger partial charge in [0.2, 0.25) is 5.91 Å². The minimum atomic E-state index is -0.384. The van der Waals surface area contributed by atoms with Crippen LogP contribution in [-0.4, -0.2) is 51.6 Å². The number of hydrogen-bond donors (Lipinski definition) is 1. The predicted octanol–water partition coefficient (Wildman–Crippen LogP) is 6.40. The van der Waals surface area contributed by atoms with E-state index in [1.807, 2.05) is 64.9 Å². The first-order chi connectivity index (χ1) is 19.4. The summed E-state index contributed by atoms with van der Waals surface area (Å²) in [5, 5.41) is 3.04. The molecular weight excluding hydrogens is 585 g/mol. The number of carbonyl (C=O) groups is 2. The number of benzene rings is 2. The van der Waals surface area contributed by atoms with Crippen LogP contribution in [0.2, 0.25) is 10.0 Å². The number of amides is 2. The predicted molar refractivity (Wildman–Crippen MR) is 163 cm³/mol. The number of piperidine rings is 1. The quantitative estimate of drug-likeness (QED) is 0.220. The maximum Gasteiger partial charge on any atom is 0.258 e. The van der Waals surface area contributed by atoms with Crippen molar-refractivity contribution in [2.45, 2.75) is 29.8 Å². The van der Waals surface area contributed by atoms with E-state index >= 15 is 0 Å². The molecular formula is C29H27Cl2N5O2S2. The van der Waals surface area contributed by atoms with E-state index < -0.39 is 0 Å². The van der Waals surface area contributed by atoms with Gasteiger partial charge in [0.25, 0.3) is 5.91 Å². The molecule has 0 unspecified atom stereocenters. The van der Waals surface area contributed by atoms with Crippen molar-refractivity contribution in [2.75, 3.05) is 23.7 Å². The smallest absolute Gasteiger partial charge is 0.258 e. The largest absolute Gasteiger partial charge is 0.369 e. The van der Waals surface area contributed by atoms with E-state index in [-0.39, 0.29) is 23.6 Å². The van der Waals surface area contributed by atoms with Gasteiger partial charge in [0.15, 0.2) is 4.34 Å². The highest BCUT2D eigenvalue weighted by Crippen LogP contribution is 2.31. The van der Waals surface area contributed by atoms with E-state index in [1.165, 1.54) is 23.1 Å². The Morgan fingerprint density at radius 3 is 2.62 bits per heavy atom. The van der Waals surface area contributed by atoms with Gasteiger partial charge < -0.3 is 10.6 Å². The molecule has 2 amide bonds. The van der Waals surface area contributed by atoms with Crippen molar-refractivity contribution >= 4 is 63.8 Å². The molecule has 1 fully saturated rings. The van der Waals surface area contributed by atoms with Crippen LogP contribution in [-0.2, 0) is 11.3 Å². The van der Waals surface area contributed by atoms with Gasteiger partial charge in [0.1, 0.15) is 0 Å². The Hall–Kier alpha value is -2.95. The summed E-state index contributed by atoms with van der Waals surface area (Å²) >= 11 is 15.1. The minimum Gasteiger partial charge on any atom is -0.369 e. The number of halogens is 2. The van der Waals surface area contributed by atoms with Crippen molar-refractivity contribution in [3.05, 3.63) is 93.5 Å². The minimum absolute atomic E-state index is 0.0292. The van der Waals surface area contributed by atoms with Crippen LogP contribution in [0.4, 0.5) is 5.69 Å². The highest BCUT2D eigenvalue weighted by molar-refractivity contribution is 8.01. The number of thiazole rings is 1. The number of thioether (sulfide) groups is 1. The molecule has 3 heterocycles. The van der Waals surface area contributed by atoms with Gasteiger partial charge in [-0.1, -0.05) is 53.2 Å². The molecule has 2 aromatic heterocycles. The molecule has 1 aliphatic heterocycles. The summed E-state index contributed by atoms with van der Waals surface area (Å²) in [5.74, 6) is -0.279. The van der Waals surface area contributed by atoms with E-state index in [4.69, 9.17) is 28.9 Å². The van der Waals surface area contributed by atoms with Crippen LogP contribution in [0, 0.1) is 0 Å². The Balaban J connectivity index is 1.32. The van der Waals surface area contributed by atoms with E-state index in [0.29, 0.717) is 15.6 Å². The molecule has 40 heavy (non-hydrogen) atoms. The first-order valence-electron chi connectivity index (χ1n) is 12.7. The Morgan fingerprint density at radius 2 is 1.90 bits per heavy atom. The van der Waals surface area contributed by atoms with Crippen LogP contribution >= 0.6 is 46.3 Å². The molecule has 0 spiro atoms. The van der Waals surface area contributed by atoms with E-state index in [0.717, 1.165) is 59.3 Å². The van der Waals surface area contributed by atoms with Gasteiger partial charge in [0, 0.05) is 48.4 Å². The molecule has 0 aliphatic carbocycles. The second kappa shape index (κ2) is 13.1. The molecule has 5 rings (SSSR count). The highest BCUT2D eigenvalue weighted by atomic mass is 35.5. The summed E-state index contributed by atoms with van der Waals surface area (Å²) in [4.78, 5) is 38.3. The van der Waals surface area contributed by atoms with Gasteiger partial charge in [-0.3, -0.25) is 19.5 Å². The normalized spacial score (nSPS) is 14.2. The maximum absolute atomic E-state index is 14.0. The third-order valence-corrected chi connectivity index (χ3v) is 9.46. The Morgan fingerprint density at radius 1 is 1.07 bits per heavy atom. The van der Waals surface area contributed by atoms with Crippen molar-refractivity contribution in [3.63, 3.8) is 0 Å². The van der Waals surface area contributed by atoms with Crippen LogP contribution in [0.5, 0.6) is 0 Å². The third kappa shape index (κ3) is 7.03. The molecule has 2 N–H and O–H groups in total. The highest BCUT2D eigenvalue weighted by Gasteiger charge is 2.30. The van der Waals surface area contributed by atoms with Crippen LogP contribution in [0.1, 0.15) is 28.8 Å². The van der Waals surface area contributed by atoms with Gasteiger partial charge in [-0.15, -0.1) is 11.3 Å². The summed E-state index contributed by atoms with van der Waals surface area (Å²) < 4.78 is 0.759. The average Bonchev–Trinajstić information content (AvgIpc) is 3.45. The topological polar surface area (TPSA) is 92.4 Å². The summed E-state index contributed by atoms with van der Waals surface area (Å²) in [6, 6.07) is 17.1. The zero-order chi connectivity index (χ0) is 28.1. The average molecular weight is 613 g/mol. The third-order valence-electron chi connectivity index (χ3n) is 6.68. The zero-order valence-electron chi connectivity index (χ0n) is 21.5. The first-order valence-corrected chi connectivity index (χ1v) is 15.4. The maximum atomic E-state index is 14.0. The van der Waals surface area contributed by atoms with Gasteiger partial charge >= 0.3 is 0 Å². The number of pyridine rings is 1. The lowest BCUT2D eigenvalue weighted by Gasteiger charge is -2.38. The monoisotopic (exact) mass is 611 g/mol. The van der Waals surface area contributed by atoms with Crippen molar-refractivity contribution in [1.29, 1.82) is 0 Å². The summed E-state index contributed by atoms with van der Waals surface area (Å²) in [6.45, 7) is 2.47. The van der Waals surface area contributed by atoms with Crippen molar-refractivity contribution in [3.8, 4) is 11.3 Å². The lowest BCUT2D eigenvalue weighted by molar-refractivity contribution is -0.115. The van der Waals surface area contributed by atoms with Gasteiger partial charge in [-0.05, 0) is 54.8 Å². The standard InChI is InChI=1S/C29H27Cl2N5O2S2/c30-24-7-6-19(13-25(24)31)16-35-11-8-22(9-12-35)36(23-5-2-10-33-15-23)28(38)21-4-1-3-20(14-21)26-17-39-29(34-26)40-18-27(32)37/h1-7,10,13-15,17,22H,8-9,11-12,16,18H2,(H2,32,37). The van der Waals surface area contributed by atoms with Crippen LogP contribution in [0.15, 0.2) is 76.7 Å². The van der Waals surface area contributed by atoms with Crippen molar-refractivity contribution in [2.24, 2.45) is 5.73 Å². The fraction of sp³-hybridized carbons (Fsp3) is 0.241. The van der Waals surface area contributed by atoms with Crippen LogP contribution < -0.4 is 10.6 Å². The Labute approximate surface area is 251 Å². The number of carbonyl (C=O) groups excluding carboxylic acids is 2. The molecule has 11 heteroatoms. The van der Waals surface area contributed by atoms with Gasteiger partial charge in [-0.25, -0.2) is 4.98 Å². The molecule has 0 saturated carbocycles. The number of anilines is 1. The number of nitrogens with two attached hydrogens (primary N) is 1. The molecule has 7 nitrogen and oxygen atoms in total. The SMILES string of the molecule is NC(=O)CSc1nc(-c2cccc(C(=O)N(c3cccnc3)C3CCN(Cc4ccc(Cl)c(Cl)c4)CC3)c2)cs1. The Kier molecular flexibility index (Phi) is 9.39. The summed E-state index contributed by atoms with van der Waals surface area (Å²) in [6.07, 6.45) is 5.11. The van der Waals surface area contributed by atoms with Gasteiger partial charge in [-0.2, -0.15) is 0 Å². The lowest BCUT2D eigenvalue weighted by Crippen LogP contribution is -2.47. The van der Waals surface area contributed by atoms with Crippen molar-refractivity contribution in [1.82, 2.24) is 14.9 Å². The van der Waals surface area contributed by atoms with E-state index in [2.05, 4.69) is 14.9 Å². The number of likely N-dealkylation sites (tertiary alicyclic amines) is 1. The van der Waals surface area contributed by atoms with Crippen LogP contribution in [0.25, 0.3) is 11.3 Å². The Bertz CT molecular complexity index is 1490. The molecule has 2 aromatic carbocycles. The number of aromatic nitrogens is 2. The van der Waals surface area contributed by atoms with Crippen molar-refractivity contribution < 1.29 is 9.59 Å². The molecule has 0 radical (unpaired) electrons. The van der Waals surface area contributed by atoms with Gasteiger partial charge in [0.05, 0.1) is 33.4 Å². The molecule has 0 bridgehead atoms. The molecule has 0 atom stereocenters. The summed E-state index contributed by atoms with van der Waals surface area (Å²) in [5.41, 5.74) is 9.34. The number of hydrogen-bond acceptors (Lipinski definition) is 7. The first kappa shape index (κ1) is 28.6. The number of primary amides is 1. The van der Waals surface area contributed by atoms with Crippen LogP contribution in [0.3, 0.4) is 0 Å². The zero-order valence-corrected chi connectivity index (χ0v) is 24.6. The van der Waals surface area contributed by atoms with E-state index in [1.54, 1.807) is 12.4 Å². The second-order valence-electron chi connectivity index (χ2n) is 9.48. The summed E-state index contributed by atoms with van der Waals surface area (Å²) in [7, 11) is 0. The molecule has 206 valence electrons. The fourth-order valence-electron chi connectivity index (χ4n) is 4.76. The number of rotatable bonds is 9. The van der Waals surface area contributed by atoms with E-state index in [9.17, 15) is 9.59 Å². The number of nitrogens with zero attached hydrogens (tertiary/aromatic N) is 4. The second-order valence-corrected chi connectivity index (χ2v) is 12.4. The fourth-order valence-corrected chi connectivity index (χ4v) is 6.66.